The van der Waals surface area contributed by atoms with Crippen LogP contribution in [0.4, 0.5) is 54.3 Å². The minimum absolute atomic E-state index is 0.0581. The van der Waals surface area contributed by atoms with Crippen LogP contribution in [0.5, 0.6) is 0 Å². The van der Waals surface area contributed by atoms with E-state index in [0.29, 0.717) is 179 Å². The topological polar surface area (TPSA) is 283 Å². The van der Waals surface area contributed by atoms with Gasteiger partial charge in [0.15, 0.2) is 19.7 Å². The molecule has 26 nitrogen and oxygen atoms in total. The first-order valence-corrected chi connectivity index (χ1v) is 60.5. The van der Waals surface area contributed by atoms with Crippen LogP contribution in [0.1, 0.15) is 101 Å². The number of piperazine rings is 2. The molecule has 36 heteroatoms. The second kappa shape index (κ2) is 47.7. The zero-order chi connectivity index (χ0) is 105. The van der Waals surface area contributed by atoms with Crippen LogP contribution in [0.3, 0.4) is 0 Å². The van der Waals surface area contributed by atoms with Crippen LogP contribution >= 0.6 is 61.8 Å². The van der Waals surface area contributed by atoms with E-state index in [1.54, 1.807) is 95.2 Å². The maximum Gasteiger partial charge on any atom is 0.326 e. The highest BCUT2D eigenvalue weighted by molar-refractivity contribution is 7.99. The molecule has 0 bridgehead atoms. The molecule has 2 N–H and O–H groups in total. The van der Waals surface area contributed by atoms with E-state index in [-0.39, 0.29) is 92.0 Å². The Kier molecular flexibility index (Phi) is 35.1. The predicted octanol–water partition coefficient (Wildman–Crippen LogP) is 23.1. The van der Waals surface area contributed by atoms with Crippen LogP contribution < -0.4 is 39.5 Å². The fourth-order valence-electron chi connectivity index (χ4n) is 21.9. The molecule has 0 unspecified atom stereocenters. The summed E-state index contributed by atoms with van der Waals surface area (Å²) in [6.45, 7) is 23.4. The molecule has 0 amide bonds. The highest BCUT2D eigenvalue weighted by Crippen LogP contribution is 2.59. The van der Waals surface area contributed by atoms with Crippen molar-refractivity contribution in [1.82, 2.24) is 18.9 Å². The number of halogens is 4. The first-order chi connectivity index (χ1) is 71.0. The van der Waals surface area contributed by atoms with E-state index in [1.165, 1.54) is 48.9 Å². The molecule has 0 radical (unpaired) electrons. The fraction of sp³-hybridized carbons (Fsp3) is 0.393. The van der Waals surface area contributed by atoms with Gasteiger partial charge in [-0.05, 0) is 324 Å². The summed E-state index contributed by atoms with van der Waals surface area (Å²) in [6.07, 6.45) is 9.02. The summed E-state index contributed by atoms with van der Waals surface area (Å²) in [4.78, 5) is 41.0. The van der Waals surface area contributed by atoms with Crippen molar-refractivity contribution in [1.29, 1.82) is 0 Å². The van der Waals surface area contributed by atoms with Crippen molar-refractivity contribution < 1.29 is 63.9 Å². The van der Waals surface area contributed by atoms with Crippen LogP contribution in [0.25, 0.3) is 44.8 Å². The number of thioether (sulfide) groups is 2. The van der Waals surface area contributed by atoms with Crippen molar-refractivity contribution in [3.63, 3.8) is 0 Å². The van der Waals surface area contributed by atoms with Crippen molar-refractivity contribution in [3.8, 4) is 44.8 Å². The van der Waals surface area contributed by atoms with Crippen LogP contribution in [0, 0.1) is 69.4 Å². The Morgan fingerprint density at radius 3 is 1.07 bits per heavy atom. The molecule has 2 aromatic heterocycles. The average Bonchev–Trinajstić information content (AvgIpc) is 1.57. The normalized spacial score (nSPS) is 18.4. The third kappa shape index (κ3) is 25.0. The highest BCUT2D eigenvalue weighted by Gasteiger charge is 2.44. The van der Waals surface area contributed by atoms with E-state index in [4.69, 9.17) is 32.2 Å². The molecular weight excluding hydrogens is 2040 g/mol. The maximum atomic E-state index is 15.8. The van der Waals surface area contributed by atoms with Gasteiger partial charge in [-0.15, -0.1) is 23.5 Å². The van der Waals surface area contributed by atoms with Crippen molar-refractivity contribution in [2.75, 3.05) is 184 Å². The highest BCUT2D eigenvalue weighted by atomic mass is 35.5. The fourth-order valence-corrected chi connectivity index (χ4v) is 31.2. The molecule has 6 aliphatic rings. The molecule has 784 valence electrons. The summed E-state index contributed by atoms with van der Waals surface area (Å²) >= 11 is 16.1. The molecule has 6 fully saturated rings. The molecule has 0 aliphatic carbocycles. The van der Waals surface area contributed by atoms with E-state index >= 15 is 8.78 Å². The lowest BCUT2D eigenvalue weighted by atomic mass is 9.94. The molecule has 18 rings (SSSR count). The first-order valence-electron chi connectivity index (χ1n) is 50.9. The monoisotopic (exact) mass is 2160 g/mol. The van der Waals surface area contributed by atoms with Gasteiger partial charge in [-0.1, -0.05) is 96.0 Å². The molecule has 10 aromatic carbocycles. The first kappa shape index (κ1) is 109. The second-order valence-electron chi connectivity index (χ2n) is 40.1. The van der Waals surface area contributed by atoms with Crippen LogP contribution in [0.15, 0.2) is 250 Å². The quantitative estimate of drug-likeness (QED) is 0.0160. The summed E-state index contributed by atoms with van der Waals surface area (Å²) < 4.78 is 135. The van der Waals surface area contributed by atoms with Gasteiger partial charge < -0.3 is 57.8 Å². The molecular formula is C112H130Cl2F2N12O14P2S4. The average molecular weight is 2170 g/mol. The van der Waals surface area contributed by atoms with E-state index in [2.05, 4.69) is 53.7 Å². The lowest BCUT2D eigenvalue weighted by Crippen LogP contribution is -2.46. The lowest BCUT2D eigenvalue weighted by molar-refractivity contribution is -0.385. The third-order valence-corrected chi connectivity index (χ3v) is 40.1. The number of aromatic nitrogens is 2. The molecule has 0 spiro atoms. The van der Waals surface area contributed by atoms with E-state index in [9.17, 15) is 56.4 Å². The Hall–Kier alpha value is -10.4. The third-order valence-electron chi connectivity index (χ3n) is 29.5. The number of hydrogen-bond donors (Lipinski definition) is 2. The molecule has 148 heavy (non-hydrogen) atoms. The number of nitro groups is 2. The van der Waals surface area contributed by atoms with Gasteiger partial charge in [0, 0.05) is 201 Å². The number of piperidine rings is 2. The number of benzene rings is 10. The number of aliphatic hydroxyl groups is 2. The summed E-state index contributed by atoms with van der Waals surface area (Å²) in [5.41, 5.74) is 11.6. The zero-order valence-corrected chi connectivity index (χ0v) is 91.4. The molecule has 4 atom stereocenters. The second-order valence-corrected chi connectivity index (χ2v) is 51.7. The number of likely N-dealkylation sites (tertiary alicyclic amines) is 2. The number of sulfone groups is 2. The van der Waals surface area contributed by atoms with Gasteiger partial charge in [-0.3, -0.25) is 38.7 Å². The Labute approximate surface area is 885 Å². The standard InChI is InChI=1S/2C56H65ClFN6O7PS2/c2*1-39(2)63-40(3)56(74(4,69)70)54(55(63)43-10-13-46(57)14-11-43)45-33-47(58)35-50(34-45)61-28-26-60(27-29-61)48-15-17-49(18-16-48)62-30-31-71-72(62,68)51-19-12-44(53(36-51)64(66)67)32-42(38-73-52-8-6-5-7-9-52)22-25-59-23-20-41(37-65)21-24-59/h2*5-19,33-36,39,41-42,65H,20-32,37-38H2,1-4H3/t42-,72+;42-,72-/m00/s1. The number of aliphatic hydroxyl groups excluding tert-OH is 2. The molecule has 0 saturated carbocycles. The molecule has 8 heterocycles. The number of nitrogens with zero attached hydrogens (tertiary/aromatic N) is 12. The summed E-state index contributed by atoms with van der Waals surface area (Å²) in [7, 11) is -14.9. The number of anilines is 6. The van der Waals surface area contributed by atoms with Crippen LogP contribution in [-0.2, 0) is 50.7 Å². The molecule has 6 aliphatic heterocycles. The van der Waals surface area contributed by atoms with Gasteiger partial charge in [-0.25, -0.2) is 25.6 Å². The Bertz CT molecular complexity index is 6640. The van der Waals surface area contributed by atoms with Gasteiger partial charge in [0.1, 0.15) is 11.6 Å². The minimum Gasteiger partial charge on any atom is -0.396 e. The molecule has 6 saturated heterocycles. The summed E-state index contributed by atoms with van der Waals surface area (Å²) in [6, 6.07) is 69.8. The maximum absolute atomic E-state index is 15.8. The Morgan fingerprint density at radius 2 is 0.757 bits per heavy atom. The predicted molar refractivity (Wildman–Crippen MR) is 596 cm³/mol. The molecule has 12 aromatic rings. The van der Waals surface area contributed by atoms with Crippen molar-refractivity contribution in [3.05, 3.63) is 295 Å². The van der Waals surface area contributed by atoms with Gasteiger partial charge >= 0.3 is 15.0 Å². The Morgan fingerprint density at radius 1 is 0.426 bits per heavy atom. The largest absolute Gasteiger partial charge is 0.396 e. The number of hydrogen-bond acceptors (Lipinski definition) is 22. The lowest BCUT2D eigenvalue weighted by Gasteiger charge is -2.37. The number of nitro benzene ring substituents is 2. The van der Waals surface area contributed by atoms with Gasteiger partial charge in [0.2, 0.25) is 0 Å². The summed E-state index contributed by atoms with van der Waals surface area (Å²) in [5.74, 6) is 1.64. The SMILES string of the molecule is Cc1c(S(C)(=O)=O)c(-c2cc(F)cc(N3CCN(c4ccc(N5CCO[P@@]5(=O)c5ccc(C[C@H](CCN6CCC(CO)CC6)CSc6ccccc6)c([N+](=O)[O-])c5)cc4)CC3)c2)c(-c2ccc(Cl)cc2)n1C(C)C.Cc1c(S(C)(=O)=O)c(-c2cc(F)cc(N3CCN(c4ccc(N5CCO[P@]5(=O)c5ccc(C[C@H](CCN6CCC(CO)CC6)CSc6ccccc6)c([N+](=O)[O-])c5)cc4)CC3)c2)c(-c2ccc(Cl)cc2)n1C(C)C. The van der Waals surface area contributed by atoms with Crippen molar-refractivity contribution in [2.45, 2.75) is 125 Å². The van der Waals surface area contributed by atoms with Gasteiger partial charge in [-0.2, -0.15) is 0 Å². The van der Waals surface area contributed by atoms with Crippen LogP contribution in [0.2, 0.25) is 10.0 Å². The zero-order valence-electron chi connectivity index (χ0n) is 84.8. The van der Waals surface area contributed by atoms with Crippen molar-refractivity contribution >= 4 is 138 Å². The van der Waals surface area contributed by atoms with Crippen molar-refractivity contribution in [2.24, 2.45) is 23.7 Å². The Balaban J connectivity index is 0.000000202. The summed E-state index contributed by atoms with van der Waals surface area (Å²) in [5, 5.41) is 46.5. The van der Waals surface area contributed by atoms with E-state index in [1.807, 2.05) is 158 Å². The van der Waals surface area contributed by atoms with Crippen LogP contribution in [-0.4, -0.2) is 211 Å². The number of rotatable bonds is 36. The van der Waals surface area contributed by atoms with E-state index in [0.717, 1.165) is 122 Å². The minimum atomic E-state index is -3.75. The van der Waals surface area contributed by atoms with E-state index < -0.39 is 46.3 Å². The van der Waals surface area contributed by atoms with Gasteiger partial charge in [0.05, 0.1) is 67.9 Å². The smallest absolute Gasteiger partial charge is 0.326 e. The van der Waals surface area contributed by atoms with Gasteiger partial charge in [0.25, 0.3) is 11.4 Å².